The van der Waals surface area contributed by atoms with Crippen molar-refractivity contribution >= 4 is 16.9 Å². The van der Waals surface area contributed by atoms with Crippen molar-refractivity contribution < 1.29 is 19.0 Å². The van der Waals surface area contributed by atoms with E-state index in [0.717, 1.165) is 10.4 Å². The zero-order valence-corrected chi connectivity index (χ0v) is 14.8. The van der Waals surface area contributed by atoms with E-state index in [4.69, 9.17) is 14.2 Å². The molecule has 0 aliphatic heterocycles. The lowest BCUT2D eigenvalue weighted by molar-refractivity contribution is -0.148. The number of hydrogen-bond acceptors (Lipinski definition) is 7. The van der Waals surface area contributed by atoms with E-state index in [1.807, 2.05) is 0 Å². The van der Waals surface area contributed by atoms with Gasteiger partial charge in [-0.25, -0.2) is 0 Å². The van der Waals surface area contributed by atoms with E-state index in [1.54, 1.807) is 55.6 Å². The smallest absolute Gasteiger partial charge is 0.307 e. The summed E-state index contributed by atoms with van der Waals surface area (Å²) < 4.78 is 16.7. The highest BCUT2D eigenvalue weighted by atomic mass is 16.5. The first-order chi connectivity index (χ1) is 13.2. The highest BCUT2D eigenvalue weighted by Gasteiger charge is 2.08. The zero-order valence-electron chi connectivity index (χ0n) is 14.8. The highest BCUT2D eigenvalue weighted by molar-refractivity contribution is 5.76. The van der Waals surface area contributed by atoms with Crippen molar-refractivity contribution in [2.45, 2.75) is 19.6 Å². The van der Waals surface area contributed by atoms with Gasteiger partial charge in [-0.05, 0) is 42.8 Å². The first kappa shape index (κ1) is 18.4. The van der Waals surface area contributed by atoms with Crippen LogP contribution in [0, 0.1) is 0 Å². The van der Waals surface area contributed by atoms with E-state index < -0.39 is 5.97 Å². The largest absolute Gasteiger partial charge is 0.497 e. The molecular formula is C19H19N3O5. The van der Waals surface area contributed by atoms with Crippen LogP contribution in [0.3, 0.4) is 0 Å². The number of fused-ring (bicyclic) bond motifs is 1. The van der Waals surface area contributed by atoms with Crippen molar-refractivity contribution in [3.05, 3.63) is 58.9 Å². The Balaban J connectivity index is 1.43. The lowest BCUT2D eigenvalue weighted by Crippen LogP contribution is -2.26. The molecule has 1 aromatic heterocycles. The maximum Gasteiger partial charge on any atom is 0.307 e. The van der Waals surface area contributed by atoms with E-state index in [9.17, 15) is 9.59 Å². The summed E-state index contributed by atoms with van der Waals surface area (Å²) >= 11 is 0. The Morgan fingerprint density at radius 3 is 2.59 bits per heavy atom. The Bertz CT molecular complexity index is 969. The molecule has 140 valence electrons. The van der Waals surface area contributed by atoms with Crippen molar-refractivity contribution in [1.82, 2.24) is 15.0 Å². The minimum Gasteiger partial charge on any atom is -0.497 e. The molecule has 0 amide bonds. The molecule has 3 aromatic rings. The van der Waals surface area contributed by atoms with Gasteiger partial charge in [0.1, 0.15) is 17.0 Å². The number of esters is 1. The summed E-state index contributed by atoms with van der Waals surface area (Å²) in [4.78, 5) is 24.1. The molecule has 0 aliphatic carbocycles. The number of ether oxygens (including phenoxy) is 3. The highest BCUT2D eigenvalue weighted by Crippen LogP contribution is 2.17. The van der Waals surface area contributed by atoms with Crippen LogP contribution in [-0.4, -0.2) is 34.7 Å². The Morgan fingerprint density at radius 1 is 1.07 bits per heavy atom. The quantitative estimate of drug-likeness (QED) is 0.444. The number of methoxy groups -OCH3 is 1. The van der Waals surface area contributed by atoms with Gasteiger partial charge in [-0.3, -0.25) is 9.59 Å². The maximum absolute atomic E-state index is 12.2. The van der Waals surface area contributed by atoms with Crippen LogP contribution < -0.4 is 15.0 Å². The average molecular weight is 369 g/mol. The van der Waals surface area contributed by atoms with Crippen LogP contribution >= 0.6 is 0 Å². The lowest BCUT2D eigenvalue weighted by atomic mass is 10.2. The van der Waals surface area contributed by atoms with E-state index in [2.05, 4.69) is 10.3 Å². The molecule has 1 heterocycles. The van der Waals surface area contributed by atoms with Gasteiger partial charge in [0.2, 0.25) is 0 Å². The molecule has 0 N–H and O–H groups in total. The van der Waals surface area contributed by atoms with Gasteiger partial charge in [-0.1, -0.05) is 17.3 Å². The minimum atomic E-state index is -0.435. The van der Waals surface area contributed by atoms with Crippen molar-refractivity contribution in [2.75, 3.05) is 13.7 Å². The summed E-state index contributed by atoms with van der Waals surface area (Å²) in [6.45, 7) is 0.103. The van der Waals surface area contributed by atoms with Gasteiger partial charge in [-0.2, -0.15) is 4.68 Å². The first-order valence-electron chi connectivity index (χ1n) is 8.42. The van der Waals surface area contributed by atoms with Crippen molar-refractivity contribution in [2.24, 2.45) is 0 Å². The van der Waals surface area contributed by atoms with Gasteiger partial charge >= 0.3 is 5.97 Å². The first-order valence-corrected chi connectivity index (χ1v) is 8.42. The monoisotopic (exact) mass is 369 g/mol. The number of benzene rings is 2. The number of carbonyl (C=O) groups is 1. The van der Waals surface area contributed by atoms with Gasteiger partial charge in [0.25, 0.3) is 5.56 Å². The molecule has 0 aliphatic rings. The Morgan fingerprint density at radius 2 is 1.81 bits per heavy atom. The molecule has 0 saturated carbocycles. The van der Waals surface area contributed by atoms with Crippen molar-refractivity contribution in [3.8, 4) is 11.5 Å². The number of hydrogen-bond donors (Lipinski definition) is 0. The maximum atomic E-state index is 12.2. The van der Waals surface area contributed by atoms with Gasteiger partial charge in [0.05, 0.1) is 19.1 Å². The third kappa shape index (κ3) is 4.81. The van der Waals surface area contributed by atoms with Gasteiger partial charge in [0, 0.05) is 6.42 Å². The SMILES string of the molecule is COc1ccc(OCCCC(=O)OCn2nnc3ccccc3c2=O)cc1. The van der Waals surface area contributed by atoms with Crippen molar-refractivity contribution in [3.63, 3.8) is 0 Å². The molecule has 0 radical (unpaired) electrons. The second-order valence-corrected chi connectivity index (χ2v) is 5.68. The molecule has 2 aromatic carbocycles. The van der Waals surface area contributed by atoms with Gasteiger partial charge in [0.15, 0.2) is 6.73 Å². The summed E-state index contributed by atoms with van der Waals surface area (Å²) in [5.74, 6) is 1.01. The van der Waals surface area contributed by atoms with E-state index in [0.29, 0.717) is 29.7 Å². The Hall–Kier alpha value is -3.42. The molecule has 0 bridgehead atoms. The molecular weight excluding hydrogens is 350 g/mol. The topological polar surface area (TPSA) is 92.5 Å². The fourth-order valence-corrected chi connectivity index (χ4v) is 2.39. The molecule has 0 atom stereocenters. The number of aromatic nitrogens is 3. The second-order valence-electron chi connectivity index (χ2n) is 5.68. The predicted molar refractivity (Wildman–Crippen MR) is 97.6 cm³/mol. The number of nitrogens with zero attached hydrogens (tertiary/aromatic N) is 3. The normalized spacial score (nSPS) is 10.6. The van der Waals surface area contributed by atoms with E-state index in [-0.39, 0.29) is 18.7 Å². The molecule has 3 rings (SSSR count). The average Bonchev–Trinajstić information content (AvgIpc) is 2.71. The molecule has 8 nitrogen and oxygen atoms in total. The fraction of sp³-hybridized carbons (Fsp3) is 0.263. The van der Waals surface area contributed by atoms with Gasteiger partial charge < -0.3 is 14.2 Å². The standard InChI is InChI=1S/C19H19N3O5/c1-25-14-8-10-15(11-9-14)26-12-4-7-18(23)27-13-22-19(24)16-5-2-3-6-17(16)20-21-22/h2-3,5-6,8-11H,4,7,12-13H2,1H3. The molecule has 0 spiro atoms. The summed E-state index contributed by atoms with van der Waals surface area (Å²) in [5, 5.41) is 8.13. The van der Waals surface area contributed by atoms with E-state index >= 15 is 0 Å². The zero-order chi connectivity index (χ0) is 19.1. The van der Waals surface area contributed by atoms with Crippen LogP contribution in [0.5, 0.6) is 11.5 Å². The lowest BCUT2D eigenvalue weighted by Gasteiger charge is -2.08. The molecule has 0 unspecified atom stereocenters. The van der Waals surface area contributed by atoms with Crippen LogP contribution in [0.2, 0.25) is 0 Å². The van der Waals surface area contributed by atoms with E-state index in [1.165, 1.54) is 0 Å². The summed E-state index contributed by atoms with van der Waals surface area (Å²) in [7, 11) is 1.60. The summed E-state index contributed by atoms with van der Waals surface area (Å²) in [6.07, 6.45) is 0.662. The molecule has 27 heavy (non-hydrogen) atoms. The summed E-state index contributed by atoms with van der Waals surface area (Å²) in [6, 6.07) is 14.0. The molecule has 8 heteroatoms. The molecule has 0 fully saturated rings. The van der Waals surface area contributed by atoms with Crippen LogP contribution in [0.1, 0.15) is 12.8 Å². The third-order valence-corrected chi connectivity index (χ3v) is 3.83. The van der Waals surface area contributed by atoms with Crippen LogP contribution in [-0.2, 0) is 16.3 Å². The summed E-state index contributed by atoms with van der Waals surface area (Å²) in [5.41, 5.74) is 0.150. The number of carbonyl (C=O) groups excluding carboxylic acids is 1. The Kier molecular flexibility index (Phi) is 5.98. The van der Waals surface area contributed by atoms with Crippen molar-refractivity contribution in [1.29, 1.82) is 0 Å². The molecule has 0 saturated heterocycles. The van der Waals surface area contributed by atoms with Gasteiger partial charge in [-0.15, -0.1) is 5.10 Å². The van der Waals surface area contributed by atoms with Crippen LogP contribution in [0.4, 0.5) is 0 Å². The van der Waals surface area contributed by atoms with Crippen LogP contribution in [0.15, 0.2) is 53.3 Å². The Labute approximate surface area is 155 Å². The predicted octanol–water partition coefficient (Wildman–Crippen LogP) is 2.16. The van der Waals surface area contributed by atoms with Crippen LogP contribution in [0.25, 0.3) is 10.9 Å². The fourth-order valence-electron chi connectivity index (χ4n) is 2.39. The third-order valence-electron chi connectivity index (χ3n) is 3.83. The second kappa shape index (κ2) is 8.79. The number of rotatable bonds is 8. The minimum absolute atomic E-state index is 0.173.